The van der Waals surface area contributed by atoms with E-state index in [9.17, 15) is 4.79 Å². The van der Waals surface area contributed by atoms with E-state index >= 15 is 0 Å². The quantitative estimate of drug-likeness (QED) is 0.823. The highest BCUT2D eigenvalue weighted by atomic mass is 16.5. The van der Waals surface area contributed by atoms with Crippen LogP contribution in [0.3, 0.4) is 0 Å². The Labute approximate surface area is 167 Å². The maximum atomic E-state index is 12.8. The SMILES string of the molecule is O=C(NC[C@@H]([C@@H]1CCOC1)N1CCOCC1)N1CCN(c2ccccc2)CC1. The second kappa shape index (κ2) is 9.58. The van der Waals surface area contributed by atoms with Gasteiger partial charge in [-0.3, -0.25) is 4.90 Å². The molecule has 0 bridgehead atoms. The van der Waals surface area contributed by atoms with Gasteiger partial charge in [-0.1, -0.05) is 18.2 Å². The fourth-order valence-electron chi connectivity index (χ4n) is 4.47. The smallest absolute Gasteiger partial charge is 0.317 e. The summed E-state index contributed by atoms with van der Waals surface area (Å²) in [5, 5.41) is 3.21. The van der Waals surface area contributed by atoms with Crippen molar-refractivity contribution in [2.45, 2.75) is 12.5 Å². The summed E-state index contributed by atoms with van der Waals surface area (Å²) in [4.78, 5) is 19.5. The van der Waals surface area contributed by atoms with Gasteiger partial charge >= 0.3 is 6.03 Å². The number of benzene rings is 1. The molecule has 7 nitrogen and oxygen atoms in total. The normalized spacial score (nSPS) is 24.9. The first-order chi connectivity index (χ1) is 13.8. The lowest BCUT2D eigenvalue weighted by Crippen LogP contribution is -2.56. The van der Waals surface area contributed by atoms with Gasteiger partial charge in [0.25, 0.3) is 0 Å². The lowest BCUT2D eigenvalue weighted by Gasteiger charge is -2.39. The van der Waals surface area contributed by atoms with Crippen molar-refractivity contribution in [3.05, 3.63) is 30.3 Å². The van der Waals surface area contributed by atoms with E-state index in [2.05, 4.69) is 39.4 Å². The third-order valence-corrected chi connectivity index (χ3v) is 6.17. The third-order valence-electron chi connectivity index (χ3n) is 6.17. The van der Waals surface area contributed by atoms with Crippen molar-refractivity contribution in [2.75, 3.05) is 77.1 Å². The molecule has 3 saturated heterocycles. The van der Waals surface area contributed by atoms with Crippen molar-refractivity contribution in [3.63, 3.8) is 0 Å². The number of morpholine rings is 1. The molecular weight excluding hydrogens is 356 g/mol. The Kier molecular flexibility index (Phi) is 6.67. The molecule has 3 aliphatic rings. The van der Waals surface area contributed by atoms with Crippen molar-refractivity contribution < 1.29 is 14.3 Å². The van der Waals surface area contributed by atoms with Gasteiger partial charge in [0.2, 0.25) is 0 Å². The van der Waals surface area contributed by atoms with E-state index in [0.29, 0.717) is 18.5 Å². The number of carbonyl (C=O) groups is 1. The number of ether oxygens (including phenoxy) is 2. The van der Waals surface area contributed by atoms with Crippen molar-refractivity contribution >= 4 is 11.7 Å². The highest BCUT2D eigenvalue weighted by Crippen LogP contribution is 2.22. The molecule has 1 N–H and O–H groups in total. The lowest BCUT2D eigenvalue weighted by atomic mass is 9.97. The summed E-state index contributed by atoms with van der Waals surface area (Å²) >= 11 is 0. The van der Waals surface area contributed by atoms with E-state index in [-0.39, 0.29) is 6.03 Å². The number of para-hydroxylation sites is 1. The molecule has 0 radical (unpaired) electrons. The number of amides is 2. The molecule has 0 saturated carbocycles. The van der Waals surface area contributed by atoms with Crippen LogP contribution in [-0.4, -0.2) is 94.1 Å². The molecule has 0 unspecified atom stereocenters. The maximum Gasteiger partial charge on any atom is 0.317 e. The molecule has 154 valence electrons. The number of nitrogens with one attached hydrogen (secondary N) is 1. The van der Waals surface area contributed by atoms with Gasteiger partial charge in [-0.15, -0.1) is 0 Å². The van der Waals surface area contributed by atoms with Crippen LogP contribution in [0.5, 0.6) is 0 Å². The number of nitrogens with zero attached hydrogens (tertiary/aromatic N) is 3. The molecule has 2 amide bonds. The summed E-state index contributed by atoms with van der Waals surface area (Å²) in [6, 6.07) is 10.8. The Balaban J connectivity index is 1.27. The number of anilines is 1. The minimum atomic E-state index is 0.0601. The zero-order valence-electron chi connectivity index (χ0n) is 16.6. The zero-order chi connectivity index (χ0) is 19.2. The Morgan fingerprint density at radius 2 is 1.75 bits per heavy atom. The van der Waals surface area contributed by atoms with Crippen LogP contribution in [-0.2, 0) is 9.47 Å². The average Bonchev–Trinajstić information content (AvgIpc) is 3.30. The van der Waals surface area contributed by atoms with Crippen LogP contribution < -0.4 is 10.2 Å². The van der Waals surface area contributed by atoms with Crippen LogP contribution in [0.15, 0.2) is 30.3 Å². The Hall–Kier alpha value is -1.83. The van der Waals surface area contributed by atoms with Crippen LogP contribution in [0.4, 0.5) is 10.5 Å². The highest BCUT2D eigenvalue weighted by molar-refractivity contribution is 5.74. The molecule has 3 aliphatic heterocycles. The minimum Gasteiger partial charge on any atom is -0.381 e. The van der Waals surface area contributed by atoms with Gasteiger partial charge < -0.3 is 24.6 Å². The summed E-state index contributed by atoms with van der Waals surface area (Å²) in [6.07, 6.45) is 1.08. The summed E-state index contributed by atoms with van der Waals surface area (Å²) < 4.78 is 11.1. The highest BCUT2D eigenvalue weighted by Gasteiger charge is 2.32. The van der Waals surface area contributed by atoms with E-state index in [4.69, 9.17) is 9.47 Å². The van der Waals surface area contributed by atoms with Crippen molar-refractivity contribution in [2.24, 2.45) is 5.92 Å². The first kappa shape index (κ1) is 19.5. The Bertz CT molecular complexity index is 609. The molecular formula is C21H32N4O3. The first-order valence-corrected chi connectivity index (χ1v) is 10.5. The zero-order valence-corrected chi connectivity index (χ0v) is 16.6. The average molecular weight is 389 g/mol. The predicted molar refractivity (Wildman–Crippen MR) is 109 cm³/mol. The molecule has 0 aromatic heterocycles. The molecule has 3 fully saturated rings. The van der Waals surface area contributed by atoms with E-state index < -0.39 is 0 Å². The van der Waals surface area contributed by atoms with Crippen LogP contribution in [0.25, 0.3) is 0 Å². The van der Waals surface area contributed by atoms with E-state index in [1.807, 2.05) is 11.0 Å². The van der Waals surface area contributed by atoms with Crippen LogP contribution in [0, 0.1) is 5.92 Å². The molecule has 3 heterocycles. The standard InChI is InChI=1S/C21H32N4O3/c26-21(25-9-7-23(8-10-25)19-4-2-1-3-5-19)22-16-20(18-6-13-28-17-18)24-11-14-27-15-12-24/h1-5,18,20H,6-17H2,(H,22,26)/t18-,20+/m1/s1. The van der Waals surface area contributed by atoms with Crippen molar-refractivity contribution in [1.82, 2.24) is 15.1 Å². The van der Waals surface area contributed by atoms with E-state index in [1.54, 1.807) is 0 Å². The molecule has 28 heavy (non-hydrogen) atoms. The lowest BCUT2D eigenvalue weighted by molar-refractivity contribution is 0.00185. The molecule has 1 aromatic rings. The van der Waals surface area contributed by atoms with Gasteiger partial charge in [0.1, 0.15) is 0 Å². The molecule has 7 heteroatoms. The van der Waals surface area contributed by atoms with Crippen LogP contribution >= 0.6 is 0 Å². The Morgan fingerprint density at radius 3 is 2.43 bits per heavy atom. The second-order valence-electron chi connectivity index (χ2n) is 7.84. The third kappa shape index (κ3) is 4.77. The van der Waals surface area contributed by atoms with Gasteiger partial charge in [-0.05, 0) is 18.6 Å². The monoisotopic (exact) mass is 388 g/mol. The van der Waals surface area contributed by atoms with Crippen LogP contribution in [0.1, 0.15) is 6.42 Å². The summed E-state index contributed by atoms with van der Waals surface area (Å²) in [5.74, 6) is 0.494. The number of hydrogen-bond acceptors (Lipinski definition) is 5. The number of hydrogen-bond donors (Lipinski definition) is 1. The second-order valence-corrected chi connectivity index (χ2v) is 7.84. The molecule has 4 rings (SSSR count). The fraction of sp³-hybridized carbons (Fsp3) is 0.667. The largest absolute Gasteiger partial charge is 0.381 e. The fourth-order valence-corrected chi connectivity index (χ4v) is 4.47. The number of rotatable bonds is 5. The summed E-state index contributed by atoms with van der Waals surface area (Å²) in [6.45, 7) is 9.02. The van der Waals surface area contributed by atoms with Gasteiger partial charge in [0.15, 0.2) is 0 Å². The van der Waals surface area contributed by atoms with Crippen LogP contribution in [0.2, 0.25) is 0 Å². The molecule has 0 spiro atoms. The number of piperazine rings is 1. The van der Waals surface area contributed by atoms with E-state index in [0.717, 1.165) is 72.1 Å². The van der Waals surface area contributed by atoms with Gasteiger partial charge in [-0.25, -0.2) is 4.79 Å². The Morgan fingerprint density at radius 1 is 1.00 bits per heavy atom. The van der Waals surface area contributed by atoms with Gasteiger partial charge in [0.05, 0.1) is 19.8 Å². The molecule has 0 aliphatic carbocycles. The predicted octanol–water partition coefficient (Wildman–Crippen LogP) is 1.26. The van der Waals surface area contributed by atoms with E-state index in [1.165, 1.54) is 5.69 Å². The van der Waals surface area contributed by atoms with Crippen molar-refractivity contribution in [1.29, 1.82) is 0 Å². The molecule has 2 atom stereocenters. The summed E-state index contributed by atoms with van der Waals surface area (Å²) in [7, 11) is 0. The minimum absolute atomic E-state index is 0.0601. The topological polar surface area (TPSA) is 57.3 Å². The van der Waals surface area contributed by atoms with Crippen molar-refractivity contribution in [3.8, 4) is 0 Å². The molecule has 1 aromatic carbocycles. The number of carbonyl (C=O) groups excluding carboxylic acids is 1. The maximum absolute atomic E-state index is 12.8. The number of urea groups is 1. The van der Waals surface area contributed by atoms with Gasteiger partial charge in [0, 0.05) is 70.1 Å². The first-order valence-electron chi connectivity index (χ1n) is 10.5. The summed E-state index contributed by atoms with van der Waals surface area (Å²) in [5.41, 5.74) is 1.23. The van der Waals surface area contributed by atoms with Gasteiger partial charge in [-0.2, -0.15) is 0 Å².